The summed E-state index contributed by atoms with van der Waals surface area (Å²) < 4.78 is 5.44. The van der Waals surface area contributed by atoms with Crippen molar-refractivity contribution in [2.45, 2.75) is 32.1 Å². The van der Waals surface area contributed by atoms with Crippen LogP contribution in [0, 0.1) is 11.3 Å². The lowest BCUT2D eigenvalue weighted by Gasteiger charge is -2.33. The Morgan fingerprint density at radius 2 is 2.12 bits per heavy atom. The molecule has 1 aromatic carbocycles. The van der Waals surface area contributed by atoms with Gasteiger partial charge in [0.1, 0.15) is 0 Å². The van der Waals surface area contributed by atoms with Gasteiger partial charge in [0.25, 0.3) is 0 Å². The molecular weight excluding hydrogens is 306 g/mol. The molecule has 5 nitrogen and oxygen atoms in total. The minimum atomic E-state index is -0.807. The Morgan fingerprint density at radius 3 is 2.79 bits per heavy atom. The number of carboxylic acids is 1. The predicted octanol–water partition coefficient (Wildman–Crippen LogP) is 2.52. The summed E-state index contributed by atoms with van der Waals surface area (Å²) in [5.74, 6) is -0.493. The standard InChI is InChI=1S/C19H25NO4/c1-14(15-5-3-2-4-6-15)7-8-17(21)20-11-16-12-24-10-9-19(16,13-20)18(22)23/h2-6,14,16H,7-13H2,1H3,(H,22,23)/t14?,16-,19+/m0/s1. The van der Waals surface area contributed by atoms with Gasteiger partial charge in [0.15, 0.2) is 0 Å². The number of fused-ring (bicyclic) bond motifs is 1. The van der Waals surface area contributed by atoms with Gasteiger partial charge in [-0.3, -0.25) is 9.59 Å². The normalized spacial score (nSPS) is 27.5. The second-order valence-electron chi connectivity index (χ2n) is 7.11. The molecule has 2 aliphatic heterocycles. The molecule has 2 saturated heterocycles. The van der Waals surface area contributed by atoms with Gasteiger partial charge in [-0.15, -0.1) is 0 Å². The fourth-order valence-corrected chi connectivity index (χ4v) is 3.94. The number of carboxylic acid groups (broad SMARTS) is 1. The number of rotatable bonds is 5. The number of hydrogen-bond acceptors (Lipinski definition) is 3. The maximum absolute atomic E-state index is 12.6. The smallest absolute Gasteiger partial charge is 0.311 e. The first kappa shape index (κ1) is 17.0. The van der Waals surface area contributed by atoms with Crippen LogP contribution in [0.4, 0.5) is 0 Å². The summed E-state index contributed by atoms with van der Waals surface area (Å²) in [5.41, 5.74) is 0.426. The van der Waals surface area contributed by atoms with Crippen LogP contribution in [0.2, 0.25) is 0 Å². The van der Waals surface area contributed by atoms with Crippen molar-refractivity contribution in [1.82, 2.24) is 4.90 Å². The number of hydrogen-bond donors (Lipinski definition) is 1. The van der Waals surface area contributed by atoms with Crippen LogP contribution in [-0.4, -0.2) is 48.2 Å². The first-order valence-electron chi connectivity index (χ1n) is 8.67. The number of carbonyl (C=O) groups is 2. The molecule has 0 aliphatic carbocycles. The van der Waals surface area contributed by atoms with Crippen molar-refractivity contribution in [2.75, 3.05) is 26.3 Å². The maximum atomic E-state index is 12.6. The molecule has 2 heterocycles. The molecule has 1 unspecified atom stereocenters. The van der Waals surface area contributed by atoms with Crippen LogP contribution in [-0.2, 0) is 14.3 Å². The first-order valence-corrected chi connectivity index (χ1v) is 8.67. The monoisotopic (exact) mass is 331 g/mol. The van der Waals surface area contributed by atoms with Crippen molar-refractivity contribution in [3.63, 3.8) is 0 Å². The molecule has 130 valence electrons. The summed E-state index contributed by atoms with van der Waals surface area (Å²) in [6.07, 6.45) is 1.73. The van der Waals surface area contributed by atoms with Gasteiger partial charge < -0.3 is 14.7 Å². The maximum Gasteiger partial charge on any atom is 0.311 e. The molecule has 0 spiro atoms. The molecule has 2 fully saturated rings. The van der Waals surface area contributed by atoms with Crippen LogP contribution < -0.4 is 0 Å². The molecule has 2 aliphatic rings. The molecule has 5 heteroatoms. The summed E-state index contributed by atoms with van der Waals surface area (Å²) in [5, 5.41) is 9.67. The van der Waals surface area contributed by atoms with Crippen LogP contribution in [0.5, 0.6) is 0 Å². The Balaban J connectivity index is 1.59. The zero-order valence-electron chi connectivity index (χ0n) is 14.1. The van der Waals surface area contributed by atoms with Gasteiger partial charge in [0, 0.05) is 32.0 Å². The highest BCUT2D eigenvalue weighted by atomic mass is 16.5. The van der Waals surface area contributed by atoms with Crippen LogP contribution in [0.25, 0.3) is 0 Å². The Hall–Kier alpha value is -1.88. The molecule has 3 rings (SSSR count). The van der Waals surface area contributed by atoms with Gasteiger partial charge in [0.05, 0.1) is 12.0 Å². The average molecular weight is 331 g/mol. The molecular formula is C19H25NO4. The topological polar surface area (TPSA) is 66.8 Å². The van der Waals surface area contributed by atoms with Gasteiger partial charge >= 0.3 is 5.97 Å². The van der Waals surface area contributed by atoms with E-state index in [9.17, 15) is 14.7 Å². The van der Waals surface area contributed by atoms with E-state index in [2.05, 4.69) is 19.1 Å². The van der Waals surface area contributed by atoms with E-state index < -0.39 is 11.4 Å². The van der Waals surface area contributed by atoms with Crippen molar-refractivity contribution in [3.8, 4) is 0 Å². The Labute approximate surface area is 142 Å². The summed E-state index contributed by atoms with van der Waals surface area (Å²) in [6, 6.07) is 10.2. The van der Waals surface area contributed by atoms with E-state index in [0.29, 0.717) is 45.1 Å². The third kappa shape index (κ3) is 3.18. The zero-order valence-corrected chi connectivity index (χ0v) is 14.1. The van der Waals surface area contributed by atoms with E-state index in [-0.39, 0.29) is 11.8 Å². The summed E-state index contributed by atoms with van der Waals surface area (Å²) >= 11 is 0. The Bertz CT molecular complexity index is 603. The Morgan fingerprint density at radius 1 is 1.38 bits per heavy atom. The summed E-state index contributed by atoms with van der Waals surface area (Å²) in [7, 11) is 0. The molecule has 1 amide bonds. The van der Waals surface area contributed by atoms with Crippen LogP contribution in [0.1, 0.15) is 37.7 Å². The van der Waals surface area contributed by atoms with Crippen molar-refractivity contribution < 1.29 is 19.4 Å². The molecule has 1 aromatic rings. The highest BCUT2D eigenvalue weighted by molar-refractivity contribution is 5.81. The zero-order chi connectivity index (χ0) is 17.2. The van der Waals surface area contributed by atoms with E-state index in [1.165, 1.54) is 5.56 Å². The quantitative estimate of drug-likeness (QED) is 0.900. The van der Waals surface area contributed by atoms with E-state index in [4.69, 9.17) is 4.74 Å². The Kier molecular flexibility index (Phi) is 4.90. The largest absolute Gasteiger partial charge is 0.481 e. The van der Waals surface area contributed by atoms with Crippen LogP contribution in [0.3, 0.4) is 0 Å². The predicted molar refractivity (Wildman–Crippen MR) is 89.7 cm³/mol. The van der Waals surface area contributed by atoms with Gasteiger partial charge in [-0.1, -0.05) is 37.3 Å². The number of aliphatic carboxylic acids is 1. The van der Waals surface area contributed by atoms with E-state index in [1.807, 2.05) is 18.2 Å². The number of amides is 1. The van der Waals surface area contributed by atoms with E-state index in [0.717, 1.165) is 6.42 Å². The number of carbonyl (C=O) groups excluding carboxylic acids is 1. The number of benzene rings is 1. The molecule has 0 bridgehead atoms. The van der Waals surface area contributed by atoms with E-state index in [1.54, 1.807) is 4.90 Å². The lowest BCUT2D eigenvalue weighted by Crippen LogP contribution is -2.45. The SMILES string of the molecule is CC(CCC(=O)N1C[C@H]2COCC[C@@]2(C(=O)O)C1)c1ccccc1. The number of likely N-dealkylation sites (tertiary alicyclic amines) is 1. The van der Waals surface area contributed by atoms with Gasteiger partial charge in [0.2, 0.25) is 5.91 Å². The summed E-state index contributed by atoms with van der Waals surface area (Å²) in [6.45, 7) is 3.87. The van der Waals surface area contributed by atoms with Crippen molar-refractivity contribution in [3.05, 3.63) is 35.9 Å². The van der Waals surface area contributed by atoms with Crippen LogP contribution >= 0.6 is 0 Å². The fraction of sp³-hybridized carbons (Fsp3) is 0.579. The molecule has 24 heavy (non-hydrogen) atoms. The third-order valence-corrected chi connectivity index (χ3v) is 5.65. The van der Waals surface area contributed by atoms with Gasteiger partial charge in [-0.2, -0.15) is 0 Å². The van der Waals surface area contributed by atoms with Gasteiger partial charge in [-0.25, -0.2) is 0 Å². The van der Waals surface area contributed by atoms with Crippen molar-refractivity contribution >= 4 is 11.9 Å². The minimum Gasteiger partial charge on any atom is -0.481 e. The summed E-state index contributed by atoms with van der Waals surface area (Å²) in [4.78, 5) is 26.1. The molecule has 0 aromatic heterocycles. The highest BCUT2D eigenvalue weighted by Crippen LogP contribution is 2.42. The number of ether oxygens (including phenoxy) is 1. The lowest BCUT2D eigenvalue weighted by atomic mass is 9.74. The lowest BCUT2D eigenvalue weighted by molar-refractivity contribution is -0.157. The highest BCUT2D eigenvalue weighted by Gasteiger charge is 2.54. The minimum absolute atomic E-state index is 0.0628. The van der Waals surface area contributed by atoms with Crippen LogP contribution in [0.15, 0.2) is 30.3 Å². The third-order valence-electron chi connectivity index (χ3n) is 5.65. The van der Waals surface area contributed by atoms with E-state index >= 15 is 0 Å². The second kappa shape index (κ2) is 6.93. The average Bonchev–Trinajstić information content (AvgIpc) is 3.01. The molecule has 3 atom stereocenters. The second-order valence-corrected chi connectivity index (χ2v) is 7.11. The molecule has 0 radical (unpaired) electrons. The molecule has 1 N–H and O–H groups in total. The van der Waals surface area contributed by atoms with Gasteiger partial charge in [-0.05, 0) is 24.3 Å². The molecule has 0 saturated carbocycles. The van der Waals surface area contributed by atoms with Crippen molar-refractivity contribution in [1.29, 1.82) is 0 Å². The number of nitrogens with zero attached hydrogens (tertiary/aromatic N) is 1. The first-order chi connectivity index (χ1) is 11.5. The fourth-order valence-electron chi connectivity index (χ4n) is 3.94. The van der Waals surface area contributed by atoms with Crippen molar-refractivity contribution in [2.24, 2.45) is 11.3 Å².